The van der Waals surface area contributed by atoms with E-state index in [0.29, 0.717) is 29.9 Å². The van der Waals surface area contributed by atoms with E-state index in [1.807, 2.05) is 6.92 Å². The molecule has 0 aromatic heterocycles. The Morgan fingerprint density at radius 1 is 1.21 bits per heavy atom. The van der Waals surface area contributed by atoms with Gasteiger partial charge in [0.25, 0.3) is 0 Å². The Kier molecular flexibility index (Phi) is 8.32. The molecule has 0 spiro atoms. The van der Waals surface area contributed by atoms with Crippen molar-refractivity contribution in [2.75, 3.05) is 11.9 Å². The van der Waals surface area contributed by atoms with Crippen molar-refractivity contribution >= 4 is 40.1 Å². The molecule has 2 aromatic carbocycles. The van der Waals surface area contributed by atoms with Crippen molar-refractivity contribution < 1.29 is 31.9 Å². The Labute approximate surface area is 192 Å². The maximum Gasteiger partial charge on any atom is 0.387 e. The third-order valence-electron chi connectivity index (χ3n) is 4.62. The van der Waals surface area contributed by atoms with Gasteiger partial charge in [0, 0.05) is 19.0 Å². The van der Waals surface area contributed by atoms with Crippen molar-refractivity contribution in [2.24, 2.45) is 4.99 Å². The smallest absolute Gasteiger partial charge is 0.387 e. The molecule has 1 saturated heterocycles. The lowest BCUT2D eigenvalue weighted by Crippen LogP contribution is -2.34. The van der Waals surface area contributed by atoms with Gasteiger partial charge in [0.05, 0.1) is 11.4 Å². The third kappa shape index (κ3) is 6.70. The molecule has 11 heteroatoms. The lowest BCUT2D eigenvalue weighted by molar-refractivity contribution is -0.128. The minimum atomic E-state index is -2.94. The van der Waals surface area contributed by atoms with Crippen molar-refractivity contribution in [2.45, 2.75) is 38.0 Å². The first-order valence-electron chi connectivity index (χ1n) is 10.1. The molecule has 2 aromatic rings. The molecule has 0 bridgehead atoms. The number of amides is 2. The molecule has 1 unspecified atom stereocenters. The average molecular weight is 483 g/mol. The van der Waals surface area contributed by atoms with E-state index in [-0.39, 0.29) is 23.8 Å². The summed E-state index contributed by atoms with van der Waals surface area (Å²) >= 11 is 1.09. The molecule has 1 fully saturated rings. The first kappa shape index (κ1) is 24.6. The van der Waals surface area contributed by atoms with Gasteiger partial charge < -0.3 is 10.1 Å². The highest BCUT2D eigenvalue weighted by atomic mass is 32.2. The molecule has 1 atom stereocenters. The zero-order chi connectivity index (χ0) is 24.0. The molecule has 1 aliphatic rings. The fourth-order valence-electron chi connectivity index (χ4n) is 3.02. The van der Waals surface area contributed by atoms with Crippen molar-refractivity contribution in [1.82, 2.24) is 4.90 Å². The van der Waals surface area contributed by atoms with Gasteiger partial charge in [-0.05, 0) is 42.8 Å². The van der Waals surface area contributed by atoms with E-state index in [4.69, 9.17) is 0 Å². The molecule has 3 rings (SSSR count). The predicted molar refractivity (Wildman–Crippen MR) is 118 cm³/mol. The second-order valence-corrected chi connectivity index (χ2v) is 8.26. The number of hydrogen-bond donors (Lipinski definition) is 1. The number of ether oxygens (including phenoxy) is 1. The number of anilines is 1. The van der Waals surface area contributed by atoms with Gasteiger partial charge in [-0.15, -0.1) is 0 Å². The van der Waals surface area contributed by atoms with Crippen LogP contribution in [0, 0.1) is 11.6 Å². The van der Waals surface area contributed by atoms with Gasteiger partial charge in [-0.3, -0.25) is 14.5 Å². The SMILES string of the molecule is CCCCN1C(=O)C(CC(=O)Nc2ccc(F)cc2F)SC1=Nc1ccc(OC(F)F)cc1. The van der Waals surface area contributed by atoms with Crippen LogP contribution in [0.1, 0.15) is 26.2 Å². The van der Waals surface area contributed by atoms with E-state index in [1.165, 1.54) is 29.2 Å². The number of thioether (sulfide) groups is 1. The van der Waals surface area contributed by atoms with Crippen LogP contribution in [0.2, 0.25) is 0 Å². The summed E-state index contributed by atoms with van der Waals surface area (Å²) in [5.41, 5.74) is 0.242. The summed E-state index contributed by atoms with van der Waals surface area (Å²) in [5.74, 6) is -2.61. The van der Waals surface area contributed by atoms with Crippen LogP contribution >= 0.6 is 11.8 Å². The summed E-state index contributed by atoms with van der Waals surface area (Å²) in [4.78, 5) is 31.2. The van der Waals surface area contributed by atoms with Crippen LogP contribution in [0.15, 0.2) is 47.5 Å². The van der Waals surface area contributed by atoms with E-state index >= 15 is 0 Å². The van der Waals surface area contributed by atoms with E-state index in [9.17, 15) is 27.2 Å². The molecular weight excluding hydrogens is 462 g/mol. The number of carbonyl (C=O) groups excluding carboxylic acids is 2. The van der Waals surface area contributed by atoms with Gasteiger partial charge in [-0.1, -0.05) is 25.1 Å². The van der Waals surface area contributed by atoms with E-state index < -0.39 is 29.4 Å². The monoisotopic (exact) mass is 483 g/mol. The average Bonchev–Trinajstić information content (AvgIpc) is 3.03. The Morgan fingerprint density at radius 3 is 2.58 bits per heavy atom. The standard InChI is InChI=1S/C22H21F4N3O3S/c1-2-3-10-29-20(31)18(12-19(30)28-17-9-4-13(23)11-16(17)24)33-22(29)27-14-5-7-15(8-6-14)32-21(25)26/h4-9,11,18,21H,2-3,10,12H2,1H3,(H,28,30). The molecule has 176 valence electrons. The number of hydrogen-bond acceptors (Lipinski definition) is 5. The number of benzene rings is 2. The molecule has 6 nitrogen and oxygen atoms in total. The van der Waals surface area contributed by atoms with Crippen molar-refractivity contribution in [3.05, 3.63) is 54.1 Å². The summed E-state index contributed by atoms with van der Waals surface area (Å²) in [7, 11) is 0. The Morgan fingerprint density at radius 2 is 1.94 bits per heavy atom. The van der Waals surface area contributed by atoms with Crippen LogP contribution in [-0.2, 0) is 9.59 Å². The lowest BCUT2D eigenvalue weighted by atomic mass is 10.2. The highest BCUT2D eigenvalue weighted by Crippen LogP contribution is 2.33. The predicted octanol–water partition coefficient (Wildman–Crippen LogP) is 5.33. The topological polar surface area (TPSA) is 71.0 Å². The summed E-state index contributed by atoms with van der Waals surface area (Å²) in [6.45, 7) is -0.572. The molecule has 0 aliphatic carbocycles. The van der Waals surface area contributed by atoms with Gasteiger partial charge in [-0.2, -0.15) is 8.78 Å². The number of aliphatic imine (C=N–C) groups is 1. The molecule has 1 N–H and O–H groups in total. The van der Waals surface area contributed by atoms with Gasteiger partial charge >= 0.3 is 6.61 Å². The van der Waals surface area contributed by atoms with Crippen LogP contribution in [0.25, 0.3) is 0 Å². The van der Waals surface area contributed by atoms with E-state index in [2.05, 4.69) is 15.0 Å². The number of unbranched alkanes of at least 4 members (excludes halogenated alkanes) is 1. The zero-order valence-corrected chi connectivity index (χ0v) is 18.4. The first-order chi connectivity index (χ1) is 15.8. The van der Waals surface area contributed by atoms with Crippen molar-refractivity contribution in [1.29, 1.82) is 0 Å². The van der Waals surface area contributed by atoms with E-state index in [0.717, 1.165) is 30.3 Å². The molecule has 0 radical (unpaired) electrons. The third-order valence-corrected chi connectivity index (χ3v) is 5.79. The fraction of sp³-hybridized carbons (Fsp3) is 0.318. The number of rotatable bonds is 9. The van der Waals surface area contributed by atoms with Gasteiger partial charge in [0.2, 0.25) is 11.8 Å². The Balaban J connectivity index is 1.72. The normalized spacial score (nSPS) is 17.2. The molecule has 1 heterocycles. The summed E-state index contributed by atoms with van der Waals surface area (Å²) in [6, 6.07) is 8.41. The summed E-state index contributed by atoms with van der Waals surface area (Å²) < 4.78 is 55.8. The number of nitrogens with one attached hydrogen (secondary N) is 1. The summed E-state index contributed by atoms with van der Waals surface area (Å²) in [6.07, 6.45) is 1.31. The quantitative estimate of drug-likeness (QED) is 0.490. The number of carbonyl (C=O) groups is 2. The number of amidine groups is 1. The molecule has 0 saturated carbocycles. The Bertz CT molecular complexity index is 1030. The summed E-state index contributed by atoms with van der Waals surface area (Å²) in [5, 5.41) is 1.95. The van der Waals surface area contributed by atoms with Crippen molar-refractivity contribution in [3.63, 3.8) is 0 Å². The fourth-order valence-corrected chi connectivity index (χ4v) is 4.20. The zero-order valence-electron chi connectivity index (χ0n) is 17.6. The van der Waals surface area contributed by atoms with Crippen LogP contribution in [0.3, 0.4) is 0 Å². The maximum atomic E-state index is 13.8. The van der Waals surface area contributed by atoms with Crippen LogP contribution in [-0.4, -0.2) is 40.3 Å². The van der Waals surface area contributed by atoms with Crippen LogP contribution < -0.4 is 10.1 Å². The second kappa shape index (κ2) is 11.2. The molecule has 1 aliphatic heterocycles. The van der Waals surface area contributed by atoms with Crippen LogP contribution in [0.4, 0.5) is 28.9 Å². The highest BCUT2D eigenvalue weighted by Gasteiger charge is 2.38. The minimum absolute atomic E-state index is 0.0190. The maximum absolute atomic E-state index is 13.8. The molecule has 33 heavy (non-hydrogen) atoms. The largest absolute Gasteiger partial charge is 0.435 e. The highest BCUT2D eigenvalue weighted by molar-refractivity contribution is 8.15. The number of halogens is 4. The number of alkyl halides is 2. The van der Waals surface area contributed by atoms with Crippen molar-refractivity contribution in [3.8, 4) is 5.75 Å². The molecule has 2 amide bonds. The van der Waals surface area contributed by atoms with E-state index in [1.54, 1.807) is 0 Å². The number of nitrogens with zero attached hydrogens (tertiary/aromatic N) is 2. The lowest BCUT2D eigenvalue weighted by Gasteiger charge is -2.16. The minimum Gasteiger partial charge on any atom is -0.435 e. The van der Waals surface area contributed by atoms with Gasteiger partial charge in [0.1, 0.15) is 22.6 Å². The van der Waals surface area contributed by atoms with Gasteiger partial charge in [-0.25, -0.2) is 13.8 Å². The first-order valence-corrected chi connectivity index (χ1v) is 11.0. The van der Waals surface area contributed by atoms with Gasteiger partial charge in [0.15, 0.2) is 5.17 Å². The Hall–Kier alpha value is -3.08. The second-order valence-electron chi connectivity index (χ2n) is 7.09. The van der Waals surface area contributed by atoms with Crippen LogP contribution in [0.5, 0.6) is 5.75 Å². The molecular formula is C22H21F4N3O3S.